The van der Waals surface area contributed by atoms with Gasteiger partial charge in [0.15, 0.2) is 5.69 Å². The first-order valence-corrected chi connectivity index (χ1v) is 13.2. The summed E-state index contributed by atoms with van der Waals surface area (Å²) in [5.74, 6) is 0.647. The number of fused-ring (bicyclic) bond motifs is 3. The Morgan fingerprint density at radius 2 is 1.87 bits per heavy atom. The second kappa shape index (κ2) is 10.8. The van der Waals surface area contributed by atoms with Gasteiger partial charge in [-0.2, -0.15) is 5.10 Å². The maximum absolute atomic E-state index is 13.5. The number of aliphatic hydroxyl groups excluding tert-OH is 1. The molecule has 0 bridgehead atoms. The van der Waals surface area contributed by atoms with Gasteiger partial charge in [-0.05, 0) is 28.6 Å². The van der Waals surface area contributed by atoms with Gasteiger partial charge in [-0.3, -0.25) is 19.4 Å². The quantitative estimate of drug-likeness (QED) is 0.320. The van der Waals surface area contributed by atoms with Crippen LogP contribution in [-0.4, -0.2) is 50.9 Å². The van der Waals surface area contributed by atoms with Crippen molar-refractivity contribution in [3.63, 3.8) is 0 Å². The first-order chi connectivity index (χ1) is 19.2. The molecule has 6 rings (SSSR count). The molecule has 0 atom stereocenters. The molecular formula is C31H31N5O3. The van der Waals surface area contributed by atoms with Gasteiger partial charge in [0, 0.05) is 60.8 Å². The molecule has 0 saturated carbocycles. The van der Waals surface area contributed by atoms with Crippen molar-refractivity contribution < 1.29 is 14.6 Å². The number of nitrogens with one attached hydrogen (secondary N) is 1. The molecule has 2 N–H and O–H groups in total. The Morgan fingerprint density at radius 1 is 1.03 bits per heavy atom. The molecule has 0 unspecified atom stereocenters. The number of rotatable bonds is 8. The summed E-state index contributed by atoms with van der Waals surface area (Å²) in [4.78, 5) is 20.3. The van der Waals surface area contributed by atoms with Gasteiger partial charge in [0.05, 0.1) is 25.8 Å². The van der Waals surface area contributed by atoms with Gasteiger partial charge in [0.2, 0.25) is 0 Å². The van der Waals surface area contributed by atoms with E-state index in [4.69, 9.17) is 4.74 Å². The number of methoxy groups -OCH3 is 1. The number of nitrogens with zero attached hydrogens (tertiary/aromatic N) is 4. The molecule has 0 radical (unpaired) electrons. The first-order valence-electron chi connectivity index (χ1n) is 13.2. The van der Waals surface area contributed by atoms with Gasteiger partial charge in [-0.25, -0.2) is 0 Å². The molecule has 1 amide bonds. The molecule has 3 aromatic carbocycles. The number of aromatic nitrogens is 3. The zero-order valence-corrected chi connectivity index (χ0v) is 21.9. The van der Waals surface area contributed by atoms with Gasteiger partial charge in [-0.15, -0.1) is 0 Å². The molecule has 8 nitrogen and oxygen atoms in total. The van der Waals surface area contributed by atoms with Crippen molar-refractivity contribution in [2.24, 2.45) is 0 Å². The zero-order valence-electron chi connectivity index (χ0n) is 21.9. The molecule has 39 heavy (non-hydrogen) atoms. The molecule has 5 aromatic rings. The Labute approximate surface area is 226 Å². The Morgan fingerprint density at radius 3 is 2.72 bits per heavy atom. The van der Waals surface area contributed by atoms with Crippen LogP contribution in [0.4, 0.5) is 0 Å². The summed E-state index contributed by atoms with van der Waals surface area (Å²) >= 11 is 0. The van der Waals surface area contributed by atoms with E-state index in [1.807, 2.05) is 48.5 Å². The molecule has 2 aromatic heterocycles. The highest BCUT2D eigenvalue weighted by Crippen LogP contribution is 2.31. The van der Waals surface area contributed by atoms with Crippen molar-refractivity contribution in [2.75, 3.05) is 20.3 Å². The molecule has 0 fully saturated rings. The third-order valence-electron chi connectivity index (χ3n) is 7.48. The second-order valence-corrected chi connectivity index (χ2v) is 9.83. The van der Waals surface area contributed by atoms with E-state index in [0.717, 1.165) is 58.4 Å². The molecule has 1 aliphatic heterocycles. The van der Waals surface area contributed by atoms with Crippen LogP contribution >= 0.6 is 0 Å². The van der Waals surface area contributed by atoms with E-state index in [-0.39, 0.29) is 12.5 Å². The first kappa shape index (κ1) is 25.0. The predicted octanol–water partition coefficient (Wildman–Crippen LogP) is 4.07. The number of aliphatic hydroxyl groups is 1. The molecule has 3 heterocycles. The Hall–Kier alpha value is -4.27. The fourth-order valence-electron chi connectivity index (χ4n) is 5.60. The fraction of sp³-hybridized carbons (Fsp3) is 0.258. The molecular weight excluding hydrogens is 490 g/mol. The van der Waals surface area contributed by atoms with Gasteiger partial charge in [0.1, 0.15) is 5.75 Å². The smallest absolute Gasteiger partial charge is 0.272 e. The number of hydrogen-bond donors (Lipinski definition) is 2. The lowest BCUT2D eigenvalue weighted by Crippen LogP contribution is -2.32. The summed E-state index contributed by atoms with van der Waals surface area (Å²) in [6, 6.07) is 22.3. The van der Waals surface area contributed by atoms with Crippen LogP contribution < -0.4 is 10.1 Å². The van der Waals surface area contributed by atoms with Crippen LogP contribution in [0.25, 0.3) is 21.7 Å². The Kier molecular flexibility index (Phi) is 6.96. The molecule has 0 spiro atoms. The molecule has 198 valence electrons. The topological polar surface area (TPSA) is 92.5 Å². The maximum atomic E-state index is 13.5. The minimum atomic E-state index is -0.215. The number of para-hydroxylation sites is 1. The summed E-state index contributed by atoms with van der Waals surface area (Å²) in [6.45, 7) is 2.89. The van der Waals surface area contributed by atoms with Gasteiger partial charge in [0.25, 0.3) is 5.91 Å². The average Bonchev–Trinajstić information content (AvgIpc) is 3.34. The zero-order chi connectivity index (χ0) is 26.8. The van der Waals surface area contributed by atoms with Crippen molar-refractivity contribution >= 4 is 27.6 Å². The van der Waals surface area contributed by atoms with Crippen LogP contribution in [0.5, 0.6) is 5.75 Å². The number of benzene rings is 3. The van der Waals surface area contributed by atoms with Crippen molar-refractivity contribution in [2.45, 2.75) is 32.6 Å². The number of pyridine rings is 1. The van der Waals surface area contributed by atoms with Crippen molar-refractivity contribution in [1.29, 1.82) is 0 Å². The summed E-state index contributed by atoms with van der Waals surface area (Å²) in [6.07, 6.45) is 2.53. The highest BCUT2D eigenvalue weighted by atomic mass is 16.5. The van der Waals surface area contributed by atoms with E-state index in [1.165, 1.54) is 10.9 Å². The normalized spacial score (nSPS) is 13.5. The average molecular weight is 522 g/mol. The van der Waals surface area contributed by atoms with Gasteiger partial charge in [-0.1, -0.05) is 54.6 Å². The maximum Gasteiger partial charge on any atom is 0.272 e. The second-order valence-electron chi connectivity index (χ2n) is 9.83. The predicted molar refractivity (Wildman–Crippen MR) is 151 cm³/mol. The third kappa shape index (κ3) is 4.84. The minimum Gasteiger partial charge on any atom is -0.496 e. The van der Waals surface area contributed by atoms with Crippen LogP contribution in [0, 0.1) is 0 Å². The number of ether oxygens (including phenoxy) is 1. The van der Waals surface area contributed by atoms with E-state index < -0.39 is 0 Å². The summed E-state index contributed by atoms with van der Waals surface area (Å²) in [5, 5.41) is 20.6. The highest BCUT2D eigenvalue weighted by Gasteiger charge is 2.28. The van der Waals surface area contributed by atoms with E-state index >= 15 is 0 Å². The Balaban J connectivity index is 1.25. The van der Waals surface area contributed by atoms with Crippen LogP contribution in [0.15, 0.2) is 72.9 Å². The van der Waals surface area contributed by atoms with Crippen LogP contribution in [-0.2, 0) is 32.6 Å². The molecule has 8 heteroatoms. The highest BCUT2D eigenvalue weighted by molar-refractivity contribution is 5.94. The van der Waals surface area contributed by atoms with E-state index in [0.29, 0.717) is 25.3 Å². The van der Waals surface area contributed by atoms with E-state index in [1.54, 1.807) is 18.0 Å². The summed E-state index contributed by atoms with van der Waals surface area (Å²) in [5.41, 5.74) is 5.44. The fourth-order valence-corrected chi connectivity index (χ4v) is 5.60. The standard InChI is InChI=1S/C31H31N5O3/c1-39-28-12-11-23(24-9-2-3-10-25(24)28)19-35-15-13-27-26(20-35)30(34-36(27)16-17-37)31(38)33-18-22-7-4-6-21-8-5-14-32-29(21)22/h2-12,14,37H,13,15-20H2,1H3,(H,33,38). The SMILES string of the molecule is COc1ccc(CN2CCc3c(c(C(=O)NCc4cccc5cccnc45)nn3CCO)C2)c2ccccc12. The third-order valence-corrected chi connectivity index (χ3v) is 7.48. The number of hydrogen-bond acceptors (Lipinski definition) is 6. The number of amides is 1. The van der Waals surface area contributed by atoms with Gasteiger partial charge < -0.3 is 15.2 Å². The van der Waals surface area contributed by atoms with Crippen LogP contribution in [0.2, 0.25) is 0 Å². The van der Waals surface area contributed by atoms with Gasteiger partial charge >= 0.3 is 0 Å². The van der Waals surface area contributed by atoms with Crippen molar-refractivity contribution in [3.8, 4) is 5.75 Å². The minimum absolute atomic E-state index is 0.0294. The lowest BCUT2D eigenvalue weighted by molar-refractivity contribution is 0.0942. The molecule has 0 saturated heterocycles. The molecule has 1 aliphatic rings. The van der Waals surface area contributed by atoms with Crippen molar-refractivity contribution in [1.82, 2.24) is 25.0 Å². The molecule has 0 aliphatic carbocycles. The number of carbonyl (C=O) groups is 1. The van der Waals surface area contributed by atoms with Crippen molar-refractivity contribution in [3.05, 3.63) is 101 Å². The summed E-state index contributed by atoms with van der Waals surface area (Å²) < 4.78 is 7.37. The van der Waals surface area contributed by atoms with E-state index in [2.05, 4.69) is 38.5 Å². The largest absolute Gasteiger partial charge is 0.496 e. The Bertz CT molecular complexity index is 1660. The number of carbonyl (C=O) groups excluding carboxylic acids is 1. The summed E-state index contributed by atoms with van der Waals surface area (Å²) in [7, 11) is 1.70. The monoisotopic (exact) mass is 521 g/mol. The lowest BCUT2D eigenvalue weighted by Gasteiger charge is -2.28. The van der Waals surface area contributed by atoms with E-state index in [9.17, 15) is 9.90 Å². The lowest BCUT2D eigenvalue weighted by atomic mass is 10.0. The van der Waals surface area contributed by atoms with Crippen LogP contribution in [0.1, 0.15) is 32.9 Å². The van der Waals surface area contributed by atoms with Crippen LogP contribution in [0.3, 0.4) is 0 Å².